The van der Waals surface area contributed by atoms with Crippen LogP contribution in [0.4, 0.5) is 11.6 Å². The smallest absolute Gasteiger partial charge is 0.229 e. The molecule has 1 unspecified atom stereocenters. The van der Waals surface area contributed by atoms with E-state index < -0.39 is 0 Å². The predicted molar refractivity (Wildman–Crippen MR) is 117 cm³/mol. The van der Waals surface area contributed by atoms with Gasteiger partial charge in [0.2, 0.25) is 5.91 Å². The lowest BCUT2D eigenvalue weighted by Gasteiger charge is -2.13. The van der Waals surface area contributed by atoms with Crippen molar-refractivity contribution in [3.8, 4) is 11.3 Å². The Hall–Kier alpha value is -3.45. The molecule has 3 heterocycles. The number of hydrogen-bond acceptors (Lipinski definition) is 5. The van der Waals surface area contributed by atoms with Crippen molar-refractivity contribution in [1.82, 2.24) is 20.2 Å². The van der Waals surface area contributed by atoms with Crippen molar-refractivity contribution in [2.24, 2.45) is 5.92 Å². The summed E-state index contributed by atoms with van der Waals surface area (Å²) in [6, 6.07) is 9.61. The Bertz CT molecular complexity index is 1270. The van der Waals surface area contributed by atoms with Gasteiger partial charge in [-0.05, 0) is 36.5 Å². The summed E-state index contributed by atoms with van der Waals surface area (Å²) in [5.74, 6) is 0.833. The van der Waals surface area contributed by atoms with Gasteiger partial charge in [0.1, 0.15) is 11.6 Å². The molecule has 1 aliphatic rings. The zero-order valence-corrected chi connectivity index (χ0v) is 16.9. The molecule has 8 heteroatoms. The van der Waals surface area contributed by atoms with Crippen molar-refractivity contribution in [1.29, 1.82) is 0 Å². The number of H-pyrrole nitrogens is 1. The molecule has 1 aliphatic carbocycles. The SMILES string of the molecule is Cc1ccccc1-c1nc(N)c2cnc(NC(=O)C3C[C@@H]3c3cn[nH]c3)cc2c1Cl. The lowest BCUT2D eigenvalue weighted by Crippen LogP contribution is -2.15. The summed E-state index contributed by atoms with van der Waals surface area (Å²) in [4.78, 5) is 21.5. The molecule has 1 amide bonds. The lowest BCUT2D eigenvalue weighted by atomic mass is 10.0. The number of fused-ring (bicyclic) bond motifs is 1. The fraction of sp³-hybridized carbons (Fsp3) is 0.182. The molecule has 0 radical (unpaired) electrons. The monoisotopic (exact) mass is 418 g/mol. The molecular weight excluding hydrogens is 400 g/mol. The Labute approximate surface area is 177 Å². The molecule has 0 aliphatic heterocycles. The second kappa shape index (κ2) is 7.11. The van der Waals surface area contributed by atoms with E-state index in [-0.39, 0.29) is 17.7 Å². The van der Waals surface area contributed by atoms with Crippen molar-refractivity contribution >= 4 is 39.9 Å². The molecule has 30 heavy (non-hydrogen) atoms. The van der Waals surface area contributed by atoms with Crippen LogP contribution in [-0.2, 0) is 4.79 Å². The van der Waals surface area contributed by atoms with Crippen LogP contribution in [0.2, 0.25) is 5.02 Å². The Morgan fingerprint density at radius 3 is 2.87 bits per heavy atom. The van der Waals surface area contributed by atoms with E-state index in [1.54, 1.807) is 18.5 Å². The molecule has 2 atom stereocenters. The summed E-state index contributed by atoms with van der Waals surface area (Å²) in [7, 11) is 0. The molecule has 4 aromatic rings. The number of aromatic nitrogens is 4. The first-order valence-corrected chi connectivity index (χ1v) is 10.0. The highest BCUT2D eigenvalue weighted by atomic mass is 35.5. The number of halogens is 1. The minimum atomic E-state index is -0.0828. The summed E-state index contributed by atoms with van der Waals surface area (Å²) in [6.45, 7) is 2.00. The zero-order valence-electron chi connectivity index (χ0n) is 16.2. The van der Waals surface area contributed by atoms with Crippen molar-refractivity contribution in [3.63, 3.8) is 0 Å². The van der Waals surface area contributed by atoms with Crippen molar-refractivity contribution in [2.75, 3.05) is 11.1 Å². The van der Waals surface area contributed by atoms with E-state index in [2.05, 4.69) is 25.5 Å². The van der Waals surface area contributed by atoms with Crippen LogP contribution in [0, 0.1) is 12.8 Å². The van der Waals surface area contributed by atoms with Gasteiger partial charge in [-0.1, -0.05) is 35.9 Å². The molecule has 150 valence electrons. The van der Waals surface area contributed by atoms with Crippen LogP contribution in [0.15, 0.2) is 48.9 Å². The lowest BCUT2D eigenvalue weighted by molar-refractivity contribution is -0.117. The standard InChI is InChI=1S/C22H19ClN6O/c1-11-4-2-3-5-13(11)20-19(23)15-7-18(25-10-17(15)21(24)29-20)28-22(30)16-6-14(16)12-8-26-27-9-12/h2-5,7-10,14,16H,6H2,1H3,(H2,24,29)(H,26,27)(H,25,28,30)/t14-,16?/m1/s1. The summed E-state index contributed by atoms with van der Waals surface area (Å²) in [5.41, 5.74) is 9.82. The number of amides is 1. The van der Waals surface area contributed by atoms with E-state index >= 15 is 0 Å². The molecule has 0 bridgehead atoms. The Kier molecular flexibility index (Phi) is 4.40. The quantitative estimate of drug-likeness (QED) is 0.457. The van der Waals surface area contributed by atoms with E-state index in [4.69, 9.17) is 17.3 Å². The van der Waals surface area contributed by atoms with Crippen molar-refractivity contribution in [3.05, 3.63) is 65.1 Å². The Morgan fingerprint density at radius 1 is 1.27 bits per heavy atom. The number of nitrogens with zero attached hydrogens (tertiary/aromatic N) is 3. The second-order valence-corrected chi connectivity index (χ2v) is 7.94. The highest BCUT2D eigenvalue weighted by molar-refractivity contribution is 6.38. The van der Waals surface area contributed by atoms with Crippen LogP contribution in [0.25, 0.3) is 22.0 Å². The molecular formula is C22H19ClN6O. The van der Waals surface area contributed by atoms with E-state index in [1.165, 1.54) is 0 Å². The highest BCUT2D eigenvalue weighted by Gasteiger charge is 2.44. The molecule has 3 aromatic heterocycles. The maximum atomic E-state index is 12.6. The van der Waals surface area contributed by atoms with Gasteiger partial charge in [0, 0.05) is 34.6 Å². The third-order valence-corrected chi connectivity index (χ3v) is 5.97. The molecule has 7 nitrogen and oxygen atoms in total. The van der Waals surface area contributed by atoms with Gasteiger partial charge in [0.25, 0.3) is 0 Å². The number of rotatable bonds is 4. The molecule has 1 aromatic carbocycles. The molecule has 0 spiro atoms. The highest BCUT2D eigenvalue weighted by Crippen LogP contribution is 2.47. The van der Waals surface area contributed by atoms with Gasteiger partial charge in [0.15, 0.2) is 0 Å². The Morgan fingerprint density at radius 2 is 2.10 bits per heavy atom. The van der Waals surface area contributed by atoms with Gasteiger partial charge in [0.05, 0.1) is 16.9 Å². The number of nitrogen functional groups attached to an aromatic ring is 1. The van der Waals surface area contributed by atoms with Gasteiger partial charge in [-0.3, -0.25) is 9.89 Å². The van der Waals surface area contributed by atoms with Crippen LogP contribution < -0.4 is 11.1 Å². The number of nitrogens with two attached hydrogens (primary N) is 1. The predicted octanol–water partition coefficient (Wildman–Crippen LogP) is 4.31. The average molecular weight is 419 g/mol. The largest absolute Gasteiger partial charge is 0.383 e. The second-order valence-electron chi connectivity index (χ2n) is 7.56. The summed E-state index contributed by atoms with van der Waals surface area (Å²) in [6.07, 6.45) is 5.99. The molecule has 4 N–H and O–H groups in total. The van der Waals surface area contributed by atoms with Crippen LogP contribution in [0.1, 0.15) is 23.5 Å². The third kappa shape index (κ3) is 3.17. The minimum Gasteiger partial charge on any atom is -0.383 e. The molecule has 1 saturated carbocycles. The third-order valence-electron chi connectivity index (χ3n) is 5.58. The van der Waals surface area contributed by atoms with Crippen LogP contribution in [0.5, 0.6) is 0 Å². The van der Waals surface area contributed by atoms with Gasteiger partial charge in [-0.2, -0.15) is 5.10 Å². The number of anilines is 2. The first-order valence-electron chi connectivity index (χ1n) is 9.63. The topological polar surface area (TPSA) is 110 Å². The summed E-state index contributed by atoms with van der Waals surface area (Å²) >= 11 is 6.73. The van der Waals surface area contributed by atoms with E-state index in [1.807, 2.05) is 37.4 Å². The van der Waals surface area contributed by atoms with Crippen LogP contribution in [-0.4, -0.2) is 26.1 Å². The maximum absolute atomic E-state index is 12.6. The van der Waals surface area contributed by atoms with E-state index in [0.717, 1.165) is 23.1 Å². The first-order chi connectivity index (χ1) is 14.5. The van der Waals surface area contributed by atoms with Crippen molar-refractivity contribution in [2.45, 2.75) is 19.3 Å². The first kappa shape index (κ1) is 18.6. The maximum Gasteiger partial charge on any atom is 0.229 e. The normalized spacial score (nSPS) is 17.8. The van der Waals surface area contributed by atoms with Gasteiger partial charge in [-0.15, -0.1) is 0 Å². The van der Waals surface area contributed by atoms with Crippen LogP contribution in [0.3, 0.4) is 0 Å². The summed E-state index contributed by atoms with van der Waals surface area (Å²) < 4.78 is 0. The number of aryl methyl sites for hydroxylation is 1. The minimum absolute atomic E-state index is 0.0645. The number of benzene rings is 1. The average Bonchev–Trinajstić information content (AvgIpc) is 3.36. The van der Waals surface area contributed by atoms with Gasteiger partial charge >= 0.3 is 0 Å². The number of nitrogens with one attached hydrogen (secondary N) is 2. The number of pyridine rings is 2. The summed E-state index contributed by atoms with van der Waals surface area (Å²) in [5, 5.41) is 11.5. The number of hydrogen-bond donors (Lipinski definition) is 3. The van der Waals surface area contributed by atoms with E-state index in [0.29, 0.717) is 33.1 Å². The Balaban J connectivity index is 1.47. The fourth-order valence-corrected chi connectivity index (χ4v) is 4.12. The zero-order chi connectivity index (χ0) is 20.8. The number of carbonyl (C=O) groups excluding carboxylic acids is 1. The fourth-order valence-electron chi connectivity index (χ4n) is 3.82. The van der Waals surface area contributed by atoms with Gasteiger partial charge in [-0.25, -0.2) is 9.97 Å². The molecule has 5 rings (SSSR count). The molecule has 0 saturated heterocycles. The van der Waals surface area contributed by atoms with Crippen molar-refractivity contribution < 1.29 is 4.79 Å². The van der Waals surface area contributed by atoms with Gasteiger partial charge < -0.3 is 11.1 Å². The number of carbonyl (C=O) groups is 1. The van der Waals surface area contributed by atoms with Crippen LogP contribution >= 0.6 is 11.6 Å². The number of aromatic amines is 1. The molecule has 1 fully saturated rings. The van der Waals surface area contributed by atoms with E-state index in [9.17, 15) is 4.79 Å².